The molecule has 2 nitrogen and oxygen atoms in total. The lowest BCUT2D eigenvalue weighted by molar-refractivity contribution is -0.292. The van der Waals surface area contributed by atoms with Crippen molar-refractivity contribution in [3.05, 3.63) is 0 Å². The molecule has 4 saturated carbocycles. The van der Waals surface area contributed by atoms with Crippen LogP contribution in [0.4, 0.5) is 4.39 Å². The molecule has 0 aromatic carbocycles. The van der Waals surface area contributed by atoms with Gasteiger partial charge in [0.25, 0.3) is 0 Å². The lowest BCUT2D eigenvalue weighted by Gasteiger charge is -2.61. The Morgan fingerprint density at radius 1 is 0.944 bits per heavy atom. The van der Waals surface area contributed by atoms with Gasteiger partial charge in [0.15, 0.2) is 0 Å². The third-order valence-electron chi connectivity index (χ3n) is 5.78. The van der Waals surface area contributed by atoms with Gasteiger partial charge in [0, 0.05) is 5.41 Å². The Balaban J connectivity index is 1.73. The molecule has 0 spiro atoms. The molecular formula is C14H20BrFO2. The molecular weight excluding hydrogens is 299 g/mol. The number of hydrogen-bond donors (Lipinski definition) is 0. The van der Waals surface area contributed by atoms with E-state index in [-0.39, 0.29) is 5.41 Å². The summed E-state index contributed by atoms with van der Waals surface area (Å²) in [6, 6.07) is 0. The molecule has 5 aliphatic rings. The summed E-state index contributed by atoms with van der Waals surface area (Å²) in [4.78, 5) is 0. The summed E-state index contributed by atoms with van der Waals surface area (Å²) in [5.41, 5.74) is -0.0683. The first kappa shape index (κ1) is 12.1. The second-order valence-electron chi connectivity index (χ2n) is 6.86. The Hall–Kier alpha value is 0.330. The van der Waals surface area contributed by atoms with Gasteiger partial charge in [0.1, 0.15) is 0 Å². The van der Waals surface area contributed by atoms with Crippen molar-refractivity contribution in [2.24, 2.45) is 23.2 Å². The fraction of sp³-hybridized carbons (Fsp3) is 1.00. The van der Waals surface area contributed by atoms with Crippen LogP contribution in [-0.4, -0.2) is 24.1 Å². The van der Waals surface area contributed by atoms with Crippen molar-refractivity contribution in [1.82, 2.24) is 0 Å². The zero-order valence-electron chi connectivity index (χ0n) is 10.5. The SMILES string of the molecule is FC(Br)C1(C23CC4CC(CC(C4)C2)C3)OCCO1. The zero-order chi connectivity index (χ0) is 12.4. The molecule has 0 aromatic heterocycles. The van der Waals surface area contributed by atoms with Crippen LogP contribution in [0.25, 0.3) is 0 Å². The van der Waals surface area contributed by atoms with Gasteiger partial charge in [-0.15, -0.1) is 0 Å². The van der Waals surface area contributed by atoms with Gasteiger partial charge in [-0.25, -0.2) is 4.39 Å². The highest BCUT2D eigenvalue weighted by molar-refractivity contribution is 9.09. The standard InChI is InChI=1S/C14H20BrFO2/c15-12(16)14(17-1-2-18-14)13-6-9-3-10(7-13)5-11(4-9)8-13/h9-12H,1-8H2. The molecule has 4 bridgehead atoms. The van der Waals surface area contributed by atoms with E-state index in [1.54, 1.807) is 0 Å². The van der Waals surface area contributed by atoms with Crippen molar-refractivity contribution in [2.75, 3.05) is 13.2 Å². The minimum atomic E-state index is -1.20. The maximum Gasteiger partial charge on any atom is 0.216 e. The van der Waals surface area contributed by atoms with E-state index >= 15 is 0 Å². The first-order valence-electron chi connectivity index (χ1n) is 7.20. The number of hydrogen-bond acceptors (Lipinski definition) is 2. The van der Waals surface area contributed by atoms with E-state index in [1.807, 2.05) is 0 Å². The molecule has 102 valence electrons. The molecule has 1 atom stereocenters. The Bertz CT molecular complexity index is 316. The molecule has 4 heteroatoms. The third-order valence-corrected chi connectivity index (χ3v) is 6.38. The highest BCUT2D eigenvalue weighted by Gasteiger charge is 2.66. The molecule has 1 unspecified atom stereocenters. The van der Waals surface area contributed by atoms with Crippen LogP contribution >= 0.6 is 15.9 Å². The number of alkyl halides is 2. The zero-order valence-corrected chi connectivity index (χ0v) is 12.1. The van der Waals surface area contributed by atoms with Crippen LogP contribution in [0.3, 0.4) is 0 Å². The molecule has 0 N–H and O–H groups in total. The fourth-order valence-electron chi connectivity index (χ4n) is 5.63. The Morgan fingerprint density at radius 3 is 1.78 bits per heavy atom. The van der Waals surface area contributed by atoms with Crippen LogP contribution in [0.5, 0.6) is 0 Å². The van der Waals surface area contributed by atoms with Gasteiger partial charge in [-0.1, -0.05) is 0 Å². The van der Waals surface area contributed by atoms with E-state index < -0.39 is 10.9 Å². The van der Waals surface area contributed by atoms with Crippen LogP contribution in [-0.2, 0) is 9.47 Å². The van der Waals surface area contributed by atoms with Gasteiger partial charge in [0.05, 0.1) is 13.2 Å². The van der Waals surface area contributed by atoms with Gasteiger partial charge >= 0.3 is 0 Å². The van der Waals surface area contributed by atoms with Gasteiger partial charge < -0.3 is 9.47 Å². The summed E-state index contributed by atoms with van der Waals surface area (Å²) in [5.74, 6) is 1.36. The summed E-state index contributed by atoms with van der Waals surface area (Å²) in [6.45, 7) is 1.07. The van der Waals surface area contributed by atoms with Crippen molar-refractivity contribution < 1.29 is 13.9 Å². The largest absolute Gasteiger partial charge is 0.344 e. The molecule has 5 fully saturated rings. The predicted molar refractivity (Wildman–Crippen MR) is 69.1 cm³/mol. The highest BCUT2D eigenvalue weighted by atomic mass is 79.9. The van der Waals surface area contributed by atoms with E-state index in [9.17, 15) is 4.39 Å². The third kappa shape index (κ3) is 1.46. The van der Waals surface area contributed by atoms with Crippen molar-refractivity contribution in [1.29, 1.82) is 0 Å². The first-order chi connectivity index (χ1) is 8.64. The summed E-state index contributed by atoms with van der Waals surface area (Å²) >= 11 is 3.13. The number of halogens is 2. The van der Waals surface area contributed by atoms with Crippen molar-refractivity contribution in [2.45, 2.75) is 49.4 Å². The second kappa shape index (κ2) is 3.92. The first-order valence-corrected chi connectivity index (χ1v) is 8.11. The Morgan fingerprint density at radius 2 is 1.39 bits per heavy atom. The Kier molecular flexibility index (Phi) is 2.64. The van der Waals surface area contributed by atoms with Crippen LogP contribution < -0.4 is 0 Å². The quantitative estimate of drug-likeness (QED) is 0.724. The van der Waals surface area contributed by atoms with Crippen LogP contribution in [0.15, 0.2) is 0 Å². The van der Waals surface area contributed by atoms with E-state index in [0.29, 0.717) is 13.2 Å². The van der Waals surface area contributed by atoms with Crippen molar-refractivity contribution in [3.63, 3.8) is 0 Å². The van der Waals surface area contributed by atoms with Gasteiger partial charge in [-0.2, -0.15) is 0 Å². The van der Waals surface area contributed by atoms with E-state index in [1.165, 1.54) is 19.3 Å². The van der Waals surface area contributed by atoms with Gasteiger partial charge in [0.2, 0.25) is 10.9 Å². The second-order valence-corrected chi connectivity index (χ2v) is 7.67. The van der Waals surface area contributed by atoms with Crippen LogP contribution in [0.1, 0.15) is 38.5 Å². The van der Waals surface area contributed by atoms with Crippen LogP contribution in [0.2, 0.25) is 0 Å². The summed E-state index contributed by atoms with van der Waals surface area (Å²) in [6.07, 6.45) is 7.37. The maximum absolute atomic E-state index is 14.2. The topological polar surface area (TPSA) is 18.5 Å². The normalized spacial score (nSPS) is 50.7. The van der Waals surface area contributed by atoms with Gasteiger partial charge in [-0.05, 0) is 72.2 Å². The lowest BCUT2D eigenvalue weighted by atomic mass is 9.47. The van der Waals surface area contributed by atoms with E-state index in [2.05, 4.69) is 15.9 Å². The molecule has 1 aliphatic heterocycles. The summed E-state index contributed by atoms with van der Waals surface area (Å²) in [7, 11) is 0. The average Bonchev–Trinajstić information content (AvgIpc) is 2.77. The molecule has 18 heavy (non-hydrogen) atoms. The molecule has 5 rings (SSSR count). The molecule has 0 aromatic rings. The van der Waals surface area contributed by atoms with Crippen LogP contribution in [0, 0.1) is 23.2 Å². The minimum Gasteiger partial charge on any atom is -0.344 e. The maximum atomic E-state index is 14.2. The monoisotopic (exact) mass is 318 g/mol. The lowest BCUT2D eigenvalue weighted by Crippen LogP contribution is -2.61. The summed E-state index contributed by atoms with van der Waals surface area (Å²) in [5, 5.41) is -1.20. The number of ether oxygens (including phenoxy) is 2. The smallest absolute Gasteiger partial charge is 0.216 e. The molecule has 4 aliphatic carbocycles. The Labute approximate surface area is 116 Å². The molecule has 0 radical (unpaired) electrons. The van der Waals surface area contributed by atoms with Gasteiger partial charge in [-0.3, -0.25) is 0 Å². The fourth-order valence-corrected chi connectivity index (χ4v) is 6.38. The molecule has 1 heterocycles. The van der Waals surface area contributed by atoms with E-state index in [0.717, 1.165) is 37.0 Å². The van der Waals surface area contributed by atoms with E-state index in [4.69, 9.17) is 9.47 Å². The highest BCUT2D eigenvalue weighted by Crippen LogP contribution is 2.66. The molecule has 1 saturated heterocycles. The predicted octanol–water partition coefficient (Wildman–Crippen LogP) is 3.64. The van der Waals surface area contributed by atoms with Crippen molar-refractivity contribution >= 4 is 15.9 Å². The summed E-state index contributed by atoms with van der Waals surface area (Å²) < 4.78 is 25.9. The minimum absolute atomic E-state index is 0.0683. The van der Waals surface area contributed by atoms with Crippen molar-refractivity contribution in [3.8, 4) is 0 Å². The number of rotatable bonds is 2. The molecule has 0 amide bonds. The average molecular weight is 319 g/mol.